The number of carbonyl (C=O) groups is 2. The molecule has 0 aliphatic carbocycles. The Morgan fingerprint density at radius 1 is 1.18 bits per heavy atom. The number of H-pyrrole nitrogens is 1. The largest absolute Gasteiger partial charge is 0.494 e. The lowest BCUT2D eigenvalue weighted by atomic mass is 10.0. The van der Waals surface area contributed by atoms with Gasteiger partial charge in [0.1, 0.15) is 5.75 Å². The molecule has 0 fully saturated rings. The highest BCUT2D eigenvalue weighted by molar-refractivity contribution is 6.07. The number of fused-ring (bicyclic) bond motifs is 3. The fraction of sp³-hybridized carbons (Fsp3) is 0.273. The molecular weight excluding hydrogens is 354 g/mol. The summed E-state index contributed by atoms with van der Waals surface area (Å²) < 4.78 is 5.40. The Morgan fingerprint density at radius 3 is 2.75 bits per heavy atom. The Bertz CT molecular complexity index is 1010. The van der Waals surface area contributed by atoms with Gasteiger partial charge in [-0.1, -0.05) is 18.2 Å². The molecule has 6 heteroatoms. The Kier molecular flexibility index (Phi) is 5.12. The van der Waals surface area contributed by atoms with Crippen LogP contribution in [0.1, 0.15) is 29.4 Å². The Hall–Kier alpha value is -3.12. The Morgan fingerprint density at radius 2 is 1.96 bits per heavy atom. The van der Waals surface area contributed by atoms with Gasteiger partial charge in [-0.25, -0.2) is 0 Å². The maximum absolute atomic E-state index is 13.0. The fourth-order valence-corrected chi connectivity index (χ4v) is 3.67. The minimum Gasteiger partial charge on any atom is -0.494 e. The summed E-state index contributed by atoms with van der Waals surface area (Å²) >= 11 is 0. The van der Waals surface area contributed by atoms with Crippen molar-refractivity contribution in [2.24, 2.45) is 0 Å². The van der Waals surface area contributed by atoms with Gasteiger partial charge < -0.3 is 20.4 Å². The van der Waals surface area contributed by atoms with E-state index in [4.69, 9.17) is 4.74 Å². The van der Waals surface area contributed by atoms with Crippen molar-refractivity contribution in [3.63, 3.8) is 0 Å². The van der Waals surface area contributed by atoms with Crippen molar-refractivity contribution in [3.8, 4) is 5.75 Å². The molecule has 0 radical (unpaired) electrons. The molecule has 0 unspecified atom stereocenters. The summed E-state index contributed by atoms with van der Waals surface area (Å²) in [5.74, 6) is 0.493. The molecule has 1 atom stereocenters. The SMILES string of the molecule is CCOc1ccc(NC(=O)C[C@H]2NCCc3c([nH]c4ccccc34)C2=O)cc1. The summed E-state index contributed by atoms with van der Waals surface area (Å²) in [5, 5.41) is 7.15. The number of Topliss-reactive ketones (excluding diaryl/α,β-unsaturated/α-hetero) is 1. The summed E-state index contributed by atoms with van der Waals surface area (Å²) in [6, 6.07) is 14.6. The highest BCUT2D eigenvalue weighted by Gasteiger charge is 2.29. The highest BCUT2D eigenvalue weighted by Crippen LogP contribution is 2.26. The lowest BCUT2D eigenvalue weighted by Crippen LogP contribution is -2.39. The van der Waals surface area contributed by atoms with Gasteiger partial charge in [-0.05, 0) is 55.8 Å². The van der Waals surface area contributed by atoms with Crippen LogP contribution in [0.4, 0.5) is 5.69 Å². The average Bonchev–Trinajstić information content (AvgIpc) is 3.00. The molecular formula is C22H23N3O3. The molecule has 3 aromatic rings. The van der Waals surface area contributed by atoms with Gasteiger partial charge in [0.05, 0.1) is 18.3 Å². The quantitative estimate of drug-likeness (QED) is 0.637. The van der Waals surface area contributed by atoms with E-state index in [1.54, 1.807) is 12.1 Å². The van der Waals surface area contributed by atoms with Crippen LogP contribution in [-0.2, 0) is 11.2 Å². The van der Waals surface area contributed by atoms with Crippen LogP contribution >= 0.6 is 0 Å². The van der Waals surface area contributed by atoms with E-state index >= 15 is 0 Å². The van der Waals surface area contributed by atoms with Crippen molar-refractivity contribution < 1.29 is 14.3 Å². The first kappa shape index (κ1) is 18.3. The van der Waals surface area contributed by atoms with E-state index in [2.05, 4.69) is 15.6 Å². The van der Waals surface area contributed by atoms with E-state index < -0.39 is 6.04 Å². The van der Waals surface area contributed by atoms with Gasteiger partial charge in [0.15, 0.2) is 5.78 Å². The highest BCUT2D eigenvalue weighted by atomic mass is 16.5. The molecule has 6 nitrogen and oxygen atoms in total. The number of carbonyl (C=O) groups excluding carboxylic acids is 2. The zero-order chi connectivity index (χ0) is 19.5. The molecule has 0 saturated heterocycles. The van der Waals surface area contributed by atoms with E-state index in [0.717, 1.165) is 28.6 Å². The number of amides is 1. The van der Waals surface area contributed by atoms with Crippen molar-refractivity contribution in [2.75, 3.05) is 18.5 Å². The fourth-order valence-electron chi connectivity index (χ4n) is 3.67. The molecule has 2 aromatic carbocycles. The van der Waals surface area contributed by atoms with Gasteiger partial charge in [-0.2, -0.15) is 0 Å². The number of benzene rings is 2. The maximum Gasteiger partial charge on any atom is 0.226 e. The van der Waals surface area contributed by atoms with Gasteiger partial charge in [-0.3, -0.25) is 9.59 Å². The first-order chi connectivity index (χ1) is 13.7. The van der Waals surface area contributed by atoms with Crippen molar-refractivity contribution >= 4 is 28.3 Å². The van der Waals surface area contributed by atoms with Gasteiger partial charge in [0, 0.05) is 23.0 Å². The number of aromatic amines is 1. The number of hydrogen-bond donors (Lipinski definition) is 3. The molecule has 28 heavy (non-hydrogen) atoms. The summed E-state index contributed by atoms with van der Waals surface area (Å²) in [4.78, 5) is 28.8. The molecule has 0 saturated carbocycles. The molecule has 2 heterocycles. The monoisotopic (exact) mass is 377 g/mol. The summed E-state index contributed by atoms with van der Waals surface area (Å²) in [6.45, 7) is 3.17. The predicted molar refractivity (Wildman–Crippen MR) is 109 cm³/mol. The number of ether oxygens (including phenoxy) is 1. The molecule has 3 N–H and O–H groups in total. The van der Waals surface area contributed by atoms with Gasteiger partial charge >= 0.3 is 0 Å². The second kappa shape index (κ2) is 7.86. The van der Waals surface area contributed by atoms with Crippen LogP contribution in [0, 0.1) is 0 Å². The molecule has 1 aliphatic heterocycles. The number of rotatable bonds is 5. The van der Waals surface area contributed by atoms with Crippen LogP contribution in [0.25, 0.3) is 10.9 Å². The lowest BCUT2D eigenvalue weighted by Gasteiger charge is -2.14. The number of para-hydroxylation sites is 1. The number of anilines is 1. The minimum atomic E-state index is -0.544. The molecule has 1 aromatic heterocycles. The third-order valence-electron chi connectivity index (χ3n) is 4.98. The maximum atomic E-state index is 13.0. The molecule has 4 rings (SSSR count). The summed E-state index contributed by atoms with van der Waals surface area (Å²) in [6.07, 6.45) is 0.836. The van der Waals surface area contributed by atoms with Crippen molar-refractivity contribution in [1.29, 1.82) is 0 Å². The van der Waals surface area contributed by atoms with Gasteiger partial charge in [0.2, 0.25) is 5.91 Å². The molecule has 0 spiro atoms. The normalized spacial score (nSPS) is 16.5. The van der Waals surface area contributed by atoms with Crippen molar-refractivity contribution in [2.45, 2.75) is 25.8 Å². The van der Waals surface area contributed by atoms with E-state index in [9.17, 15) is 9.59 Å². The molecule has 144 valence electrons. The van der Waals surface area contributed by atoms with Crippen LogP contribution in [0.15, 0.2) is 48.5 Å². The van der Waals surface area contributed by atoms with Crippen LogP contribution < -0.4 is 15.4 Å². The van der Waals surface area contributed by atoms with Crippen molar-refractivity contribution in [1.82, 2.24) is 10.3 Å². The second-order valence-electron chi connectivity index (χ2n) is 6.85. The first-order valence-corrected chi connectivity index (χ1v) is 9.55. The van der Waals surface area contributed by atoms with E-state index in [-0.39, 0.29) is 18.1 Å². The predicted octanol–water partition coefficient (Wildman–Crippen LogP) is 3.29. The van der Waals surface area contributed by atoms with Crippen LogP contribution in [0.3, 0.4) is 0 Å². The minimum absolute atomic E-state index is 0.0643. The zero-order valence-electron chi connectivity index (χ0n) is 15.7. The third-order valence-corrected chi connectivity index (χ3v) is 4.98. The Balaban J connectivity index is 1.47. The third kappa shape index (κ3) is 3.64. The molecule has 1 aliphatic rings. The van der Waals surface area contributed by atoms with Crippen LogP contribution in [0.5, 0.6) is 5.75 Å². The molecule has 1 amide bonds. The van der Waals surface area contributed by atoms with Crippen LogP contribution in [0.2, 0.25) is 0 Å². The number of ketones is 1. The molecule has 0 bridgehead atoms. The summed E-state index contributed by atoms with van der Waals surface area (Å²) in [5.41, 5.74) is 3.29. The summed E-state index contributed by atoms with van der Waals surface area (Å²) in [7, 11) is 0. The van der Waals surface area contributed by atoms with Crippen LogP contribution in [-0.4, -0.2) is 35.9 Å². The Labute approximate surface area is 163 Å². The van der Waals surface area contributed by atoms with Crippen molar-refractivity contribution in [3.05, 3.63) is 59.8 Å². The standard InChI is InChI=1S/C22H23N3O3/c1-2-28-15-9-7-14(8-10-15)24-20(26)13-19-22(27)21-17(11-12-23-19)16-5-3-4-6-18(16)25-21/h3-10,19,23,25H,2,11-13H2,1H3,(H,24,26)/t19-/m1/s1. The number of hydrogen-bond acceptors (Lipinski definition) is 4. The number of nitrogens with one attached hydrogen (secondary N) is 3. The van der Waals surface area contributed by atoms with E-state index in [0.29, 0.717) is 24.5 Å². The first-order valence-electron chi connectivity index (χ1n) is 9.55. The van der Waals surface area contributed by atoms with E-state index in [1.807, 2.05) is 43.3 Å². The number of aromatic nitrogens is 1. The zero-order valence-corrected chi connectivity index (χ0v) is 15.7. The topological polar surface area (TPSA) is 83.2 Å². The van der Waals surface area contributed by atoms with E-state index in [1.165, 1.54) is 0 Å². The van der Waals surface area contributed by atoms with Gasteiger partial charge in [-0.15, -0.1) is 0 Å². The second-order valence-corrected chi connectivity index (χ2v) is 6.85. The smallest absolute Gasteiger partial charge is 0.226 e. The lowest BCUT2D eigenvalue weighted by molar-refractivity contribution is -0.116. The average molecular weight is 377 g/mol. The van der Waals surface area contributed by atoms with Gasteiger partial charge in [0.25, 0.3) is 0 Å².